The van der Waals surface area contributed by atoms with Crippen LogP contribution in [0.4, 0.5) is 0 Å². The van der Waals surface area contributed by atoms with Gasteiger partial charge in [-0.15, -0.1) is 0 Å². The van der Waals surface area contributed by atoms with Crippen LogP contribution >= 0.6 is 0 Å². The molecule has 0 bridgehead atoms. The van der Waals surface area contributed by atoms with Gasteiger partial charge in [0.1, 0.15) is 5.82 Å². The van der Waals surface area contributed by atoms with Crippen molar-refractivity contribution in [3.05, 3.63) is 12.0 Å². The van der Waals surface area contributed by atoms with Crippen LogP contribution < -0.4 is 4.72 Å². The van der Waals surface area contributed by atoms with Crippen molar-refractivity contribution < 1.29 is 13.5 Å². The molecule has 0 saturated heterocycles. The van der Waals surface area contributed by atoms with Gasteiger partial charge in [-0.05, 0) is 19.3 Å². The molecular weight excluding hydrogens is 266 g/mol. The van der Waals surface area contributed by atoms with Gasteiger partial charge in [-0.1, -0.05) is 20.8 Å². The first kappa shape index (κ1) is 16.1. The highest BCUT2D eigenvalue weighted by Crippen LogP contribution is 2.13. The molecule has 19 heavy (non-hydrogen) atoms. The predicted molar refractivity (Wildman–Crippen MR) is 73.3 cm³/mol. The summed E-state index contributed by atoms with van der Waals surface area (Å²) in [6.45, 7) is 7.75. The minimum atomic E-state index is -3.55. The van der Waals surface area contributed by atoms with Crippen molar-refractivity contribution in [2.45, 2.75) is 51.2 Å². The smallest absolute Gasteiger partial charge is 0.257 e. The first-order valence-corrected chi connectivity index (χ1v) is 7.93. The molecule has 0 aliphatic rings. The molecule has 0 amide bonds. The molecule has 0 saturated carbocycles. The zero-order valence-electron chi connectivity index (χ0n) is 11.8. The molecule has 0 radical (unpaired) electrons. The van der Waals surface area contributed by atoms with Crippen molar-refractivity contribution in [3.63, 3.8) is 0 Å². The average Bonchev–Trinajstić information content (AvgIpc) is 2.75. The van der Waals surface area contributed by atoms with Crippen molar-refractivity contribution in [1.82, 2.24) is 14.7 Å². The quantitative estimate of drug-likeness (QED) is 0.703. The SMILES string of the molecule is CC(O)CC(C)CNS(=O)(=O)c1cnc(C(C)C)[nH]1. The largest absolute Gasteiger partial charge is 0.393 e. The summed E-state index contributed by atoms with van der Waals surface area (Å²) in [6.07, 6.45) is 1.46. The summed E-state index contributed by atoms with van der Waals surface area (Å²) in [7, 11) is -3.55. The van der Waals surface area contributed by atoms with Gasteiger partial charge in [0.2, 0.25) is 0 Å². The molecule has 0 aromatic carbocycles. The Morgan fingerprint density at radius 2 is 2.00 bits per heavy atom. The lowest BCUT2D eigenvalue weighted by atomic mass is 10.1. The first-order chi connectivity index (χ1) is 8.72. The third kappa shape index (κ3) is 4.93. The van der Waals surface area contributed by atoms with Gasteiger partial charge < -0.3 is 10.1 Å². The summed E-state index contributed by atoms with van der Waals surface area (Å²) >= 11 is 0. The molecule has 0 aliphatic carbocycles. The monoisotopic (exact) mass is 289 g/mol. The van der Waals surface area contributed by atoms with Gasteiger partial charge in [0, 0.05) is 12.5 Å². The van der Waals surface area contributed by atoms with Crippen molar-refractivity contribution >= 4 is 10.0 Å². The summed E-state index contributed by atoms with van der Waals surface area (Å²) in [4.78, 5) is 6.85. The van der Waals surface area contributed by atoms with Crippen LogP contribution in [0.1, 0.15) is 45.9 Å². The van der Waals surface area contributed by atoms with Gasteiger partial charge in [-0.3, -0.25) is 0 Å². The molecule has 6 nitrogen and oxygen atoms in total. The van der Waals surface area contributed by atoms with Crippen LogP contribution in [0.15, 0.2) is 11.2 Å². The fourth-order valence-corrected chi connectivity index (χ4v) is 2.83. The third-order valence-electron chi connectivity index (χ3n) is 2.77. The van der Waals surface area contributed by atoms with Gasteiger partial charge >= 0.3 is 0 Å². The summed E-state index contributed by atoms with van der Waals surface area (Å²) < 4.78 is 26.5. The summed E-state index contributed by atoms with van der Waals surface area (Å²) in [5.74, 6) is 0.873. The van der Waals surface area contributed by atoms with E-state index < -0.39 is 16.1 Å². The number of H-pyrrole nitrogens is 1. The van der Waals surface area contributed by atoms with Crippen LogP contribution in [0.25, 0.3) is 0 Å². The summed E-state index contributed by atoms with van der Waals surface area (Å²) in [5, 5.41) is 9.32. The van der Waals surface area contributed by atoms with Crippen LogP contribution in [0.5, 0.6) is 0 Å². The Labute approximate surface area is 114 Å². The number of hydrogen-bond donors (Lipinski definition) is 3. The predicted octanol–water partition coefficient (Wildman–Crippen LogP) is 1.22. The fourth-order valence-electron chi connectivity index (χ4n) is 1.74. The maximum Gasteiger partial charge on any atom is 0.257 e. The summed E-state index contributed by atoms with van der Waals surface area (Å²) in [6, 6.07) is 0. The average molecular weight is 289 g/mol. The second-order valence-corrected chi connectivity index (χ2v) is 7.06. The first-order valence-electron chi connectivity index (χ1n) is 6.45. The van der Waals surface area contributed by atoms with Gasteiger partial charge in [0.25, 0.3) is 10.0 Å². The molecule has 2 atom stereocenters. The van der Waals surface area contributed by atoms with Gasteiger partial charge in [0.15, 0.2) is 5.03 Å². The summed E-state index contributed by atoms with van der Waals surface area (Å²) in [5.41, 5.74) is 0. The molecule has 7 heteroatoms. The minimum absolute atomic E-state index is 0.0715. The number of sulfonamides is 1. The number of aromatic nitrogens is 2. The lowest BCUT2D eigenvalue weighted by molar-refractivity contribution is 0.165. The number of aliphatic hydroxyl groups is 1. The van der Waals surface area contributed by atoms with Crippen LogP contribution in [0.3, 0.4) is 0 Å². The minimum Gasteiger partial charge on any atom is -0.393 e. The van der Waals surface area contributed by atoms with Crippen molar-refractivity contribution in [3.8, 4) is 0 Å². The van der Waals surface area contributed by atoms with E-state index >= 15 is 0 Å². The van der Waals surface area contributed by atoms with E-state index in [0.29, 0.717) is 18.8 Å². The number of aromatic amines is 1. The molecule has 1 heterocycles. The van der Waals surface area contributed by atoms with E-state index in [-0.39, 0.29) is 16.9 Å². The highest BCUT2D eigenvalue weighted by Gasteiger charge is 2.19. The number of nitrogens with one attached hydrogen (secondary N) is 2. The molecule has 0 spiro atoms. The van der Waals surface area contributed by atoms with Gasteiger partial charge in [-0.2, -0.15) is 0 Å². The number of hydrogen-bond acceptors (Lipinski definition) is 4. The lowest BCUT2D eigenvalue weighted by Crippen LogP contribution is -2.29. The van der Waals surface area contributed by atoms with Crippen molar-refractivity contribution in [2.24, 2.45) is 5.92 Å². The van der Waals surface area contributed by atoms with E-state index in [4.69, 9.17) is 0 Å². The second-order valence-electron chi connectivity index (χ2n) is 5.33. The molecule has 1 aromatic heterocycles. The van der Waals surface area contributed by atoms with E-state index in [0.717, 1.165) is 0 Å². The molecular formula is C12H23N3O3S. The zero-order valence-corrected chi connectivity index (χ0v) is 12.7. The molecule has 1 rings (SSSR count). The number of nitrogens with zero attached hydrogens (tertiary/aromatic N) is 1. The highest BCUT2D eigenvalue weighted by molar-refractivity contribution is 7.89. The van der Waals surface area contributed by atoms with Crippen LogP contribution in [-0.2, 0) is 10.0 Å². The number of aliphatic hydroxyl groups excluding tert-OH is 1. The number of rotatable bonds is 7. The molecule has 110 valence electrons. The van der Waals surface area contributed by atoms with E-state index in [1.165, 1.54) is 6.20 Å². The maximum atomic E-state index is 12.0. The van der Waals surface area contributed by atoms with Crippen LogP contribution in [-0.4, -0.2) is 36.1 Å². The topological polar surface area (TPSA) is 95.1 Å². The molecule has 3 N–H and O–H groups in total. The fraction of sp³-hybridized carbons (Fsp3) is 0.750. The molecule has 0 aliphatic heterocycles. The van der Waals surface area contributed by atoms with E-state index in [1.54, 1.807) is 6.92 Å². The Balaban J connectivity index is 2.65. The standard InChI is InChI=1S/C12H23N3O3S/c1-8(2)12-13-7-11(15-12)19(17,18)14-6-9(3)5-10(4)16/h7-10,14,16H,5-6H2,1-4H3,(H,13,15). The maximum absolute atomic E-state index is 12.0. The van der Waals surface area contributed by atoms with E-state index in [1.807, 2.05) is 20.8 Å². The van der Waals surface area contributed by atoms with E-state index in [2.05, 4.69) is 14.7 Å². The molecule has 1 aromatic rings. The Hall–Kier alpha value is -0.920. The van der Waals surface area contributed by atoms with Crippen LogP contribution in [0, 0.1) is 5.92 Å². The lowest BCUT2D eigenvalue weighted by Gasteiger charge is -2.13. The van der Waals surface area contributed by atoms with Crippen molar-refractivity contribution in [2.75, 3.05) is 6.54 Å². The zero-order chi connectivity index (χ0) is 14.6. The Morgan fingerprint density at radius 3 is 2.47 bits per heavy atom. The highest BCUT2D eigenvalue weighted by atomic mass is 32.2. The van der Waals surface area contributed by atoms with Crippen molar-refractivity contribution in [1.29, 1.82) is 0 Å². The molecule has 0 fully saturated rings. The normalized spacial score (nSPS) is 15.7. The van der Waals surface area contributed by atoms with E-state index in [9.17, 15) is 13.5 Å². The van der Waals surface area contributed by atoms with Crippen LogP contribution in [0.2, 0.25) is 0 Å². The third-order valence-corrected chi connectivity index (χ3v) is 4.11. The van der Waals surface area contributed by atoms with Gasteiger partial charge in [0.05, 0.1) is 12.3 Å². The second kappa shape index (κ2) is 6.49. The Kier molecular flexibility index (Phi) is 5.51. The number of imidazole rings is 1. The molecule has 2 unspecified atom stereocenters. The van der Waals surface area contributed by atoms with Gasteiger partial charge in [-0.25, -0.2) is 18.1 Å². The Bertz CT molecular complexity index is 494. The Morgan fingerprint density at radius 1 is 1.37 bits per heavy atom.